The second-order valence-corrected chi connectivity index (χ2v) is 4.67. The number of esters is 1. The number of terminal acetylenes is 1. The maximum atomic E-state index is 10.9. The first-order valence-corrected chi connectivity index (χ1v) is 6.89. The van der Waals surface area contributed by atoms with Gasteiger partial charge in [-0.1, -0.05) is 36.0 Å². The van der Waals surface area contributed by atoms with Gasteiger partial charge in [0.15, 0.2) is 0 Å². The third-order valence-corrected chi connectivity index (χ3v) is 2.69. The Hall–Kier alpha value is -1.83. The Bertz CT molecular complexity index is 427. The molecule has 2 atom stereocenters. The summed E-state index contributed by atoms with van der Waals surface area (Å²) < 4.78 is 4.53. The lowest BCUT2D eigenvalue weighted by Gasteiger charge is -2.05. The van der Waals surface area contributed by atoms with Crippen molar-refractivity contribution in [1.82, 2.24) is 0 Å². The molecule has 0 aliphatic rings. The van der Waals surface area contributed by atoms with Crippen LogP contribution in [0.4, 0.5) is 0 Å². The molecule has 2 unspecified atom stereocenters. The van der Waals surface area contributed by atoms with Crippen molar-refractivity contribution in [3.05, 3.63) is 36.0 Å². The molecule has 0 rings (SSSR count). The largest absolute Gasteiger partial charge is 0.469 e. The Morgan fingerprint density at radius 1 is 1.33 bits per heavy atom. The number of methoxy groups -OCH3 is 1. The van der Waals surface area contributed by atoms with E-state index < -0.39 is 12.2 Å². The molecule has 2 N–H and O–H groups in total. The lowest BCUT2D eigenvalue weighted by Crippen LogP contribution is -2.06. The predicted molar refractivity (Wildman–Crippen MR) is 83.4 cm³/mol. The van der Waals surface area contributed by atoms with Gasteiger partial charge in [-0.2, -0.15) is 0 Å². The second kappa shape index (κ2) is 12.0. The molecule has 21 heavy (non-hydrogen) atoms. The summed E-state index contributed by atoms with van der Waals surface area (Å²) in [6.07, 6.45) is 14.2. The summed E-state index contributed by atoms with van der Waals surface area (Å²) in [5, 5.41) is 19.1. The average molecular weight is 292 g/mol. The second-order valence-electron chi connectivity index (χ2n) is 4.67. The van der Waals surface area contributed by atoms with Crippen molar-refractivity contribution in [2.75, 3.05) is 7.11 Å². The number of hydrogen-bond acceptors (Lipinski definition) is 4. The molecule has 4 heteroatoms. The minimum absolute atomic E-state index is 0.265. The van der Waals surface area contributed by atoms with E-state index in [2.05, 4.69) is 10.7 Å². The zero-order valence-corrected chi connectivity index (χ0v) is 12.7. The van der Waals surface area contributed by atoms with Gasteiger partial charge in [0.2, 0.25) is 0 Å². The van der Waals surface area contributed by atoms with Gasteiger partial charge in [-0.25, -0.2) is 0 Å². The van der Waals surface area contributed by atoms with Gasteiger partial charge < -0.3 is 14.9 Å². The maximum absolute atomic E-state index is 10.9. The fourth-order valence-corrected chi connectivity index (χ4v) is 1.59. The van der Waals surface area contributed by atoms with Crippen LogP contribution >= 0.6 is 0 Å². The first-order valence-electron chi connectivity index (χ1n) is 6.89. The third-order valence-electron chi connectivity index (χ3n) is 2.69. The molecule has 4 nitrogen and oxygen atoms in total. The van der Waals surface area contributed by atoms with Gasteiger partial charge in [0, 0.05) is 12.8 Å². The van der Waals surface area contributed by atoms with E-state index in [-0.39, 0.29) is 12.4 Å². The quantitative estimate of drug-likeness (QED) is 0.388. The normalized spacial score (nSPS) is 15.1. The Labute approximate surface area is 126 Å². The van der Waals surface area contributed by atoms with Crippen LogP contribution in [0.25, 0.3) is 0 Å². The van der Waals surface area contributed by atoms with Crippen LogP contribution in [0.2, 0.25) is 0 Å². The van der Waals surface area contributed by atoms with Crippen LogP contribution in [0.3, 0.4) is 0 Å². The standard InChI is InChI=1S/C17H24O4/c1-4-8-15(18)10-6-5-9-14(2)13-16(19)11-7-12-17(20)21-3/h1,5-6,9-10,13,15-16,18-19H,7-8,11-12H2,2-3H3. The van der Waals surface area contributed by atoms with Crippen LogP contribution in [0.1, 0.15) is 32.6 Å². The van der Waals surface area contributed by atoms with E-state index in [1.807, 2.05) is 13.0 Å². The number of aliphatic hydroxyl groups excluding tert-OH is 2. The van der Waals surface area contributed by atoms with E-state index in [0.29, 0.717) is 19.3 Å². The Kier molecular flexibility index (Phi) is 10.9. The van der Waals surface area contributed by atoms with E-state index >= 15 is 0 Å². The molecule has 0 saturated carbocycles. The molecule has 0 aromatic heterocycles. The number of carbonyl (C=O) groups excluding carboxylic acids is 1. The molecule has 0 saturated heterocycles. The zero-order chi connectivity index (χ0) is 16.1. The number of hydrogen-bond donors (Lipinski definition) is 2. The van der Waals surface area contributed by atoms with Gasteiger partial charge >= 0.3 is 5.97 Å². The molecule has 0 aromatic carbocycles. The summed E-state index contributed by atoms with van der Waals surface area (Å²) in [6, 6.07) is 0. The van der Waals surface area contributed by atoms with Gasteiger partial charge in [-0.05, 0) is 19.8 Å². The molecule has 116 valence electrons. The molecule has 0 spiro atoms. The molecular weight excluding hydrogens is 268 g/mol. The average Bonchev–Trinajstić information content (AvgIpc) is 2.43. The molecular formula is C17H24O4. The smallest absolute Gasteiger partial charge is 0.305 e. The van der Waals surface area contributed by atoms with Gasteiger partial charge in [-0.3, -0.25) is 4.79 Å². The molecule has 0 amide bonds. The molecule has 0 aromatic rings. The van der Waals surface area contributed by atoms with Crippen LogP contribution in [0, 0.1) is 12.3 Å². The van der Waals surface area contributed by atoms with Crippen molar-refractivity contribution in [2.45, 2.75) is 44.8 Å². The molecule has 0 heterocycles. The molecule has 0 radical (unpaired) electrons. The van der Waals surface area contributed by atoms with Crippen LogP contribution < -0.4 is 0 Å². The van der Waals surface area contributed by atoms with Gasteiger partial charge in [-0.15, -0.1) is 12.3 Å². The topological polar surface area (TPSA) is 66.8 Å². The number of rotatable bonds is 9. The van der Waals surface area contributed by atoms with E-state index in [1.54, 1.807) is 24.3 Å². The lowest BCUT2D eigenvalue weighted by molar-refractivity contribution is -0.140. The third kappa shape index (κ3) is 11.7. The summed E-state index contributed by atoms with van der Waals surface area (Å²) in [6.45, 7) is 1.87. The summed E-state index contributed by atoms with van der Waals surface area (Å²) in [5.41, 5.74) is 0.900. The van der Waals surface area contributed by atoms with Crippen LogP contribution in [-0.2, 0) is 9.53 Å². The molecule has 0 aliphatic heterocycles. The highest BCUT2D eigenvalue weighted by Gasteiger charge is 2.04. The van der Waals surface area contributed by atoms with Crippen molar-refractivity contribution in [3.8, 4) is 12.3 Å². The number of ether oxygens (including phenoxy) is 1. The molecule has 0 bridgehead atoms. The minimum Gasteiger partial charge on any atom is -0.469 e. The minimum atomic E-state index is -0.632. The Morgan fingerprint density at radius 2 is 2.05 bits per heavy atom. The Balaban J connectivity index is 4.10. The van der Waals surface area contributed by atoms with Crippen LogP contribution in [0.5, 0.6) is 0 Å². The Morgan fingerprint density at radius 3 is 2.67 bits per heavy atom. The van der Waals surface area contributed by atoms with Crippen molar-refractivity contribution in [2.24, 2.45) is 0 Å². The summed E-state index contributed by atoms with van der Waals surface area (Å²) >= 11 is 0. The highest BCUT2D eigenvalue weighted by Crippen LogP contribution is 2.07. The lowest BCUT2D eigenvalue weighted by atomic mass is 10.1. The highest BCUT2D eigenvalue weighted by atomic mass is 16.5. The summed E-state index contributed by atoms with van der Waals surface area (Å²) in [5.74, 6) is 2.11. The first kappa shape index (κ1) is 19.2. The van der Waals surface area contributed by atoms with Crippen LogP contribution in [0.15, 0.2) is 36.0 Å². The van der Waals surface area contributed by atoms with E-state index in [1.165, 1.54) is 7.11 Å². The van der Waals surface area contributed by atoms with E-state index in [4.69, 9.17) is 6.42 Å². The SMILES string of the molecule is C#CCC(O)C=CC=CC(C)=CC(O)CCCC(=O)OC. The number of aliphatic hydroxyl groups is 2. The van der Waals surface area contributed by atoms with E-state index in [9.17, 15) is 15.0 Å². The maximum Gasteiger partial charge on any atom is 0.305 e. The van der Waals surface area contributed by atoms with Crippen LogP contribution in [-0.4, -0.2) is 35.5 Å². The van der Waals surface area contributed by atoms with E-state index in [0.717, 1.165) is 5.57 Å². The monoisotopic (exact) mass is 292 g/mol. The van der Waals surface area contributed by atoms with Crippen molar-refractivity contribution < 1.29 is 19.7 Å². The zero-order valence-electron chi connectivity index (χ0n) is 12.7. The van der Waals surface area contributed by atoms with Gasteiger partial charge in [0.25, 0.3) is 0 Å². The van der Waals surface area contributed by atoms with Crippen molar-refractivity contribution >= 4 is 5.97 Å². The number of allylic oxidation sites excluding steroid dienone is 4. The van der Waals surface area contributed by atoms with Gasteiger partial charge in [0.05, 0.1) is 19.3 Å². The molecule has 0 fully saturated rings. The first-order chi connectivity index (χ1) is 9.99. The molecule has 0 aliphatic carbocycles. The van der Waals surface area contributed by atoms with Crippen molar-refractivity contribution in [1.29, 1.82) is 0 Å². The summed E-state index contributed by atoms with van der Waals surface area (Å²) in [4.78, 5) is 10.9. The predicted octanol–water partition coefficient (Wildman–Crippen LogP) is 2.13. The fraction of sp³-hybridized carbons (Fsp3) is 0.471. The number of carbonyl (C=O) groups is 1. The van der Waals surface area contributed by atoms with Gasteiger partial charge in [0.1, 0.15) is 0 Å². The summed E-state index contributed by atoms with van der Waals surface area (Å²) in [7, 11) is 1.35. The highest BCUT2D eigenvalue weighted by molar-refractivity contribution is 5.68. The fourth-order valence-electron chi connectivity index (χ4n) is 1.59. The van der Waals surface area contributed by atoms with Crippen molar-refractivity contribution in [3.63, 3.8) is 0 Å².